The Hall–Kier alpha value is -0.0400. The predicted octanol–water partition coefficient (Wildman–Crippen LogP) is 3.15. The molecule has 0 aliphatic heterocycles. The molecule has 1 saturated carbocycles. The summed E-state index contributed by atoms with van der Waals surface area (Å²) in [6.07, 6.45) is 5.90. The Morgan fingerprint density at radius 1 is 1.17 bits per heavy atom. The molecule has 0 aromatic heterocycles. The number of rotatable bonds is 3. The number of hydrogen-bond acceptors (Lipinski definition) is 1. The number of nitrogens with zero attached hydrogens (tertiary/aromatic N) is 1. The van der Waals surface area contributed by atoms with Gasteiger partial charge in [-0.05, 0) is 32.4 Å². The number of hydrogen-bond donors (Lipinski definition) is 0. The highest BCUT2D eigenvalue weighted by molar-refractivity contribution is 4.69. The van der Waals surface area contributed by atoms with Gasteiger partial charge in [0.2, 0.25) is 0 Å². The Kier molecular flexibility index (Phi) is 7.58. The van der Waals surface area contributed by atoms with E-state index in [0.717, 1.165) is 5.92 Å². The third-order valence-corrected chi connectivity index (χ3v) is 2.58. The molecule has 0 atom stereocenters. The molecule has 0 unspecified atom stereocenters. The van der Waals surface area contributed by atoms with Crippen molar-refractivity contribution in [1.29, 1.82) is 0 Å². The molecule has 0 bridgehead atoms. The Balaban J connectivity index is 0.000000561. The van der Waals surface area contributed by atoms with Crippen LogP contribution in [0.5, 0.6) is 0 Å². The normalized spacial score (nSPS) is 17.8. The van der Waals surface area contributed by atoms with Crippen molar-refractivity contribution in [2.45, 2.75) is 46.5 Å². The second-order valence-electron chi connectivity index (χ2n) is 3.51. The van der Waals surface area contributed by atoms with Gasteiger partial charge in [-0.1, -0.05) is 33.6 Å². The Morgan fingerprint density at radius 2 is 1.67 bits per heavy atom. The maximum absolute atomic E-state index is 2.43. The van der Waals surface area contributed by atoms with E-state index in [9.17, 15) is 0 Å². The van der Waals surface area contributed by atoms with Gasteiger partial charge in [0.15, 0.2) is 0 Å². The van der Waals surface area contributed by atoms with E-state index < -0.39 is 0 Å². The summed E-state index contributed by atoms with van der Waals surface area (Å²) < 4.78 is 0. The maximum Gasteiger partial charge on any atom is 0.000649 e. The lowest BCUT2D eigenvalue weighted by atomic mass is 10.1. The molecule has 0 heterocycles. The average molecular weight is 171 g/mol. The Labute approximate surface area is 78.1 Å². The summed E-state index contributed by atoms with van der Waals surface area (Å²) in [4.78, 5) is 2.43. The van der Waals surface area contributed by atoms with Gasteiger partial charge in [0.25, 0.3) is 0 Å². The smallest absolute Gasteiger partial charge is 0.000649 e. The second kappa shape index (κ2) is 7.60. The zero-order chi connectivity index (χ0) is 9.40. The lowest BCUT2D eigenvalue weighted by Crippen LogP contribution is -2.23. The minimum absolute atomic E-state index is 1.02. The molecule has 0 amide bonds. The molecule has 1 aliphatic carbocycles. The zero-order valence-corrected chi connectivity index (χ0v) is 9.27. The van der Waals surface area contributed by atoms with E-state index in [1.165, 1.54) is 38.8 Å². The molecular formula is C11H25N. The molecule has 0 N–H and O–H groups in total. The third-order valence-electron chi connectivity index (χ3n) is 2.58. The van der Waals surface area contributed by atoms with Crippen molar-refractivity contribution < 1.29 is 0 Å². The van der Waals surface area contributed by atoms with Crippen molar-refractivity contribution in [2.24, 2.45) is 5.92 Å². The molecule has 0 aromatic rings. The molecule has 1 nitrogen and oxygen atoms in total. The molecule has 1 aliphatic rings. The van der Waals surface area contributed by atoms with Crippen LogP contribution in [-0.4, -0.2) is 25.0 Å². The van der Waals surface area contributed by atoms with Gasteiger partial charge in [0.1, 0.15) is 0 Å². The Morgan fingerprint density at radius 3 is 2.08 bits per heavy atom. The molecule has 74 valence electrons. The van der Waals surface area contributed by atoms with Gasteiger partial charge in [0, 0.05) is 6.54 Å². The van der Waals surface area contributed by atoms with Crippen molar-refractivity contribution in [3.8, 4) is 0 Å². The van der Waals surface area contributed by atoms with E-state index in [1.54, 1.807) is 0 Å². The van der Waals surface area contributed by atoms with Crippen molar-refractivity contribution in [1.82, 2.24) is 4.90 Å². The van der Waals surface area contributed by atoms with Gasteiger partial charge in [-0.2, -0.15) is 0 Å². The lowest BCUT2D eigenvalue weighted by Gasteiger charge is -2.18. The SMILES string of the molecule is CC.CCN(C)CC1CCCC1. The van der Waals surface area contributed by atoms with Gasteiger partial charge in [-0.3, -0.25) is 0 Å². The van der Waals surface area contributed by atoms with Crippen LogP contribution in [0.3, 0.4) is 0 Å². The van der Waals surface area contributed by atoms with Gasteiger partial charge < -0.3 is 4.90 Å². The average Bonchev–Trinajstić information content (AvgIpc) is 2.60. The van der Waals surface area contributed by atoms with Crippen molar-refractivity contribution in [3.63, 3.8) is 0 Å². The van der Waals surface area contributed by atoms with E-state index in [1.807, 2.05) is 13.8 Å². The molecule has 12 heavy (non-hydrogen) atoms. The van der Waals surface area contributed by atoms with Crippen LogP contribution >= 0.6 is 0 Å². The highest BCUT2D eigenvalue weighted by atomic mass is 15.1. The van der Waals surface area contributed by atoms with Gasteiger partial charge >= 0.3 is 0 Å². The van der Waals surface area contributed by atoms with E-state index in [4.69, 9.17) is 0 Å². The molecule has 1 rings (SSSR count). The highest BCUT2D eigenvalue weighted by Gasteiger charge is 2.15. The summed E-state index contributed by atoms with van der Waals surface area (Å²) in [7, 11) is 2.22. The van der Waals surface area contributed by atoms with Crippen LogP contribution in [-0.2, 0) is 0 Å². The van der Waals surface area contributed by atoms with Crippen LogP contribution in [0.2, 0.25) is 0 Å². The van der Waals surface area contributed by atoms with Gasteiger partial charge in [-0.25, -0.2) is 0 Å². The fraction of sp³-hybridized carbons (Fsp3) is 1.00. The summed E-state index contributed by atoms with van der Waals surface area (Å²) in [6.45, 7) is 8.77. The summed E-state index contributed by atoms with van der Waals surface area (Å²) >= 11 is 0. The molecular weight excluding hydrogens is 146 g/mol. The fourth-order valence-corrected chi connectivity index (χ4v) is 1.76. The van der Waals surface area contributed by atoms with Crippen molar-refractivity contribution in [2.75, 3.05) is 20.1 Å². The van der Waals surface area contributed by atoms with Crippen LogP contribution in [0.15, 0.2) is 0 Å². The van der Waals surface area contributed by atoms with E-state index >= 15 is 0 Å². The second-order valence-corrected chi connectivity index (χ2v) is 3.51. The molecule has 1 heteroatoms. The summed E-state index contributed by atoms with van der Waals surface area (Å²) in [5, 5.41) is 0. The van der Waals surface area contributed by atoms with Crippen LogP contribution in [0.4, 0.5) is 0 Å². The first-order valence-electron chi connectivity index (χ1n) is 5.51. The van der Waals surface area contributed by atoms with Crippen LogP contribution in [0.25, 0.3) is 0 Å². The van der Waals surface area contributed by atoms with E-state index in [0.29, 0.717) is 0 Å². The van der Waals surface area contributed by atoms with Crippen LogP contribution < -0.4 is 0 Å². The van der Waals surface area contributed by atoms with Gasteiger partial charge in [-0.15, -0.1) is 0 Å². The first kappa shape index (κ1) is 12.0. The molecule has 0 radical (unpaired) electrons. The zero-order valence-electron chi connectivity index (χ0n) is 9.27. The molecule has 0 spiro atoms. The predicted molar refractivity (Wildman–Crippen MR) is 56.5 cm³/mol. The topological polar surface area (TPSA) is 3.24 Å². The maximum atomic E-state index is 2.43. The molecule has 0 aromatic carbocycles. The quantitative estimate of drug-likeness (QED) is 0.630. The van der Waals surface area contributed by atoms with Crippen molar-refractivity contribution >= 4 is 0 Å². The highest BCUT2D eigenvalue weighted by Crippen LogP contribution is 2.24. The standard InChI is InChI=1S/C9H19N.C2H6/c1-3-10(2)8-9-6-4-5-7-9;1-2/h9H,3-8H2,1-2H3;1-2H3. The van der Waals surface area contributed by atoms with E-state index in [-0.39, 0.29) is 0 Å². The minimum atomic E-state index is 1.02. The summed E-state index contributed by atoms with van der Waals surface area (Å²) in [6, 6.07) is 0. The monoisotopic (exact) mass is 171 g/mol. The first-order valence-corrected chi connectivity index (χ1v) is 5.51. The van der Waals surface area contributed by atoms with E-state index in [2.05, 4.69) is 18.9 Å². The molecule has 0 saturated heterocycles. The third kappa shape index (κ3) is 4.76. The minimum Gasteiger partial charge on any atom is -0.306 e. The first-order chi connectivity index (χ1) is 5.83. The lowest BCUT2D eigenvalue weighted by molar-refractivity contribution is 0.291. The largest absolute Gasteiger partial charge is 0.306 e. The molecule has 1 fully saturated rings. The fourth-order valence-electron chi connectivity index (χ4n) is 1.76. The summed E-state index contributed by atoms with van der Waals surface area (Å²) in [5.41, 5.74) is 0. The van der Waals surface area contributed by atoms with Gasteiger partial charge in [0.05, 0.1) is 0 Å². The van der Waals surface area contributed by atoms with Crippen molar-refractivity contribution in [3.05, 3.63) is 0 Å². The summed E-state index contributed by atoms with van der Waals surface area (Å²) in [5.74, 6) is 1.02. The van der Waals surface area contributed by atoms with Crippen LogP contribution in [0, 0.1) is 5.92 Å². The Bertz CT molecular complexity index is 85.0. The van der Waals surface area contributed by atoms with Crippen LogP contribution in [0.1, 0.15) is 46.5 Å².